The van der Waals surface area contributed by atoms with Crippen LogP contribution >= 0.6 is 0 Å². The molecular formula is C14H21NO3. The zero-order valence-electron chi connectivity index (χ0n) is 10.9. The largest absolute Gasteiger partial charge is 0.490 e. The number of hydrogen-bond acceptors (Lipinski definition) is 4. The zero-order valence-corrected chi connectivity index (χ0v) is 10.9. The fourth-order valence-corrected chi connectivity index (χ4v) is 1.99. The highest BCUT2D eigenvalue weighted by Crippen LogP contribution is 2.29. The number of benzene rings is 1. The monoisotopic (exact) mass is 251 g/mol. The first-order chi connectivity index (χ1) is 8.83. The first-order valence-electron chi connectivity index (χ1n) is 6.49. The van der Waals surface area contributed by atoms with Crippen LogP contribution in [0.3, 0.4) is 0 Å². The molecule has 2 N–H and O–H groups in total. The van der Waals surface area contributed by atoms with E-state index < -0.39 is 0 Å². The van der Waals surface area contributed by atoms with Crippen molar-refractivity contribution in [2.24, 2.45) is 11.7 Å². The van der Waals surface area contributed by atoms with Gasteiger partial charge >= 0.3 is 0 Å². The van der Waals surface area contributed by atoms with Crippen LogP contribution in [0.1, 0.15) is 18.9 Å². The minimum atomic E-state index is 0.494. The SMILES string of the molecule is CCOc1cc(CN)ccc1OCC1CCOC1. The summed E-state index contributed by atoms with van der Waals surface area (Å²) in [5.41, 5.74) is 6.68. The van der Waals surface area contributed by atoms with Crippen LogP contribution in [0.5, 0.6) is 11.5 Å². The van der Waals surface area contributed by atoms with Gasteiger partial charge in [0.25, 0.3) is 0 Å². The third-order valence-corrected chi connectivity index (χ3v) is 3.04. The molecular weight excluding hydrogens is 230 g/mol. The van der Waals surface area contributed by atoms with Gasteiger partial charge in [0, 0.05) is 19.1 Å². The maximum atomic E-state index is 5.83. The smallest absolute Gasteiger partial charge is 0.161 e. The fraction of sp³-hybridized carbons (Fsp3) is 0.571. The summed E-state index contributed by atoms with van der Waals surface area (Å²) in [4.78, 5) is 0. The molecule has 1 aliphatic heterocycles. The summed E-state index contributed by atoms with van der Waals surface area (Å²) < 4.78 is 16.7. The van der Waals surface area contributed by atoms with Crippen LogP contribution in [0.25, 0.3) is 0 Å². The molecule has 4 nitrogen and oxygen atoms in total. The molecule has 0 spiro atoms. The minimum Gasteiger partial charge on any atom is -0.490 e. The second-order valence-electron chi connectivity index (χ2n) is 4.46. The van der Waals surface area contributed by atoms with Gasteiger partial charge in [-0.15, -0.1) is 0 Å². The molecule has 0 bridgehead atoms. The van der Waals surface area contributed by atoms with Crippen molar-refractivity contribution in [3.8, 4) is 11.5 Å². The average molecular weight is 251 g/mol. The third kappa shape index (κ3) is 3.37. The van der Waals surface area contributed by atoms with E-state index in [1.807, 2.05) is 25.1 Å². The second kappa shape index (κ2) is 6.61. The Morgan fingerprint density at radius 3 is 2.89 bits per heavy atom. The molecule has 1 heterocycles. The number of ether oxygens (including phenoxy) is 3. The number of hydrogen-bond donors (Lipinski definition) is 1. The van der Waals surface area contributed by atoms with Crippen LogP contribution in [0.15, 0.2) is 18.2 Å². The summed E-state index contributed by atoms with van der Waals surface area (Å²) in [5.74, 6) is 2.06. The molecule has 1 aromatic rings. The molecule has 0 radical (unpaired) electrons. The standard InChI is InChI=1S/C14H21NO3/c1-2-17-14-7-11(8-15)3-4-13(14)18-10-12-5-6-16-9-12/h3-4,7,12H,2,5-6,8-10,15H2,1H3. The van der Waals surface area contributed by atoms with E-state index in [9.17, 15) is 0 Å². The Kier molecular flexibility index (Phi) is 4.84. The molecule has 1 fully saturated rings. The summed E-state index contributed by atoms with van der Waals surface area (Å²) in [5, 5.41) is 0. The van der Waals surface area contributed by atoms with Crippen molar-refractivity contribution in [1.82, 2.24) is 0 Å². The maximum absolute atomic E-state index is 5.83. The highest BCUT2D eigenvalue weighted by Gasteiger charge is 2.17. The van der Waals surface area contributed by atoms with E-state index in [0.29, 0.717) is 25.7 Å². The van der Waals surface area contributed by atoms with Crippen molar-refractivity contribution >= 4 is 0 Å². The minimum absolute atomic E-state index is 0.494. The van der Waals surface area contributed by atoms with E-state index in [4.69, 9.17) is 19.9 Å². The van der Waals surface area contributed by atoms with E-state index in [-0.39, 0.29) is 0 Å². The number of rotatable bonds is 6. The molecule has 0 aliphatic carbocycles. The van der Waals surface area contributed by atoms with E-state index in [1.165, 1.54) is 0 Å². The van der Waals surface area contributed by atoms with E-state index in [2.05, 4.69) is 0 Å². The summed E-state index contributed by atoms with van der Waals surface area (Å²) in [6.45, 7) is 5.42. The molecule has 0 aromatic heterocycles. The van der Waals surface area contributed by atoms with Gasteiger partial charge in [-0.05, 0) is 31.0 Å². The lowest BCUT2D eigenvalue weighted by molar-refractivity contribution is 0.165. The summed E-state index contributed by atoms with van der Waals surface area (Å²) in [6, 6.07) is 5.86. The predicted octanol–water partition coefficient (Wildman–Crippen LogP) is 1.96. The molecule has 1 aliphatic rings. The lowest BCUT2D eigenvalue weighted by Gasteiger charge is -2.15. The van der Waals surface area contributed by atoms with E-state index in [1.54, 1.807) is 0 Å². The van der Waals surface area contributed by atoms with Gasteiger partial charge < -0.3 is 19.9 Å². The van der Waals surface area contributed by atoms with Crippen LogP contribution in [-0.4, -0.2) is 26.4 Å². The van der Waals surface area contributed by atoms with Crippen molar-refractivity contribution in [2.75, 3.05) is 26.4 Å². The van der Waals surface area contributed by atoms with Crippen molar-refractivity contribution < 1.29 is 14.2 Å². The van der Waals surface area contributed by atoms with Crippen molar-refractivity contribution in [3.63, 3.8) is 0 Å². The van der Waals surface area contributed by atoms with Crippen molar-refractivity contribution in [1.29, 1.82) is 0 Å². The van der Waals surface area contributed by atoms with Gasteiger partial charge in [-0.3, -0.25) is 0 Å². The van der Waals surface area contributed by atoms with Crippen LogP contribution in [0, 0.1) is 5.92 Å². The highest BCUT2D eigenvalue weighted by molar-refractivity contribution is 5.43. The van der Waals surface area contributed by atoms with Crippen LogP contribution < -0.4 is 15.2 Å². The fourth-order valence-electron chi connectivity index (χ4n) is 1.99. The second-order valence-corrected chi connectivity index (χ2v) is 4.46. The molecule has 1 aromatic carbocycles. The lowest BCUT2D eigenvalue weighted by Crippen LogP contribution is -2.12. The molecule has 0 saturated carbocycles. The Balaban J connectivity index is 2.00. The van der Waals surface area contributed by atoms with Crippen molar-refractivity contribution in [3.05, 3.63) is 23.8 Å². The Hall–Kier alpha value is -1.26. The molecule has 1 atom stereocenters. The van der Waals surface area contributed by atoms with Crippen LogP contribution in [-0.2, 0) is 11.3 Å². The Morgan fingerprint density at radius 2 is 2.22 bits per heavy atom. The van der Waals surface area contributed by atoms with Gasteiger partial charge in [0.15, 0.2) is 11.5 Å². The van der Waals surface area contributed by atoms with Gasteiger partial charge in [-0.2, -0.15) is 0 Å². The molecule has 2 rings (SSSR count). The third-order valence-electron chi connectivity index (χ3n) is 3.04. The summed E-state index contributed by atoms with van der Waals surface area (Å²) in [7, 11) is 0. The Bertz CT molecular complexity index is 375. The Morgan fingerprint density at radius 1 is 1.33 bits per heavy atom. The van der Waals surface area contributed by atoms with E-state index >= 15 is 0 Å². The Labute approximate surface area is 108 Å². The molecule has 4 heteroatoms. The molecule has 100 valence electrons. The number of nitrogens with two attached hydrogens (primary N) is 1. The van der Waals surface area contributed by atoms with Gasteiger partial charge in [0.05, 0.1) is 19.8 Å². The zero-order chi connectivity index (χ0) is 12.8. The first kappa shape index (κ1) is 13.2. The highest BCUT2D eigenvalue weighted by atomic mass is 16.5. The van der Waals surface area contributed by atoms with Gasteiger partial charge in [0.1, 0.15) is 0 Å². The van der Waals surface area contributed by atoms with Gasteiger partial charge in [-0.25, -0.2) is 0 Å². The average Bonchev–Trinajstić information content (AvgIpc) is 2.90. The summed E-state index contributed by atoms with van der Waals surface area (Å²) in [6.07, 6.45) is 1.07. The quantitative estimate of drug-likeness (QED) is 0.839. The topological polar surface area (TPSA) is 53.7 Å². The normalized spacial score (nSPS) is 18.9. The molecule has 0 amide bonds. The molecule has 18 heavy (non-hydrogen) atoms. The van der Waals surface area contributed by atoms with Crippen LogP contribution in [0.2, 0.25) is 0 Å². The summed E-state index contributed by atoms with van der Waals surface area (Å²) >= 11 is 0. The molecule has 1 unspecified atom stereocenters. The van der Waals surface area contributed by atoms with Crippen LogP contribution in [0.4, 0.5) is 0 Å². The lowest BCUT2D eigenvalue weighted by atomic mass is 10.1. The first-order valence-corrected chi connectivity index (χ1v) is 6.49. The van der Waals surface area contributed by atoms with Crippen molar-refractivity contribution in [2.45, 2.75) is 19.9 Å². The van der Waals surface area contributed by atoms with Gasteiger partial charge in [-0.1, -0.05) is 6.07 Å². The van der Waals surface area contributed by atoms with Gasteiger partial charge in [0.2, 0.25) is 0 Å². The molecule has 1 saturated heterocycles. The van der Waals surface area contributed by atoms with E-state index in [0.717, 1.165) is 36.7 Å². The predicted molar refractivity (Wildman–Crippen MR) is 69.9 cm³/mol. The maximum Gasteiger partial charge on any atom is 0.161 e.